The maximum absolute atomic E-state index is 6.19. The molecule has 19 heavy (non-hydrogen) atoms. The molecule has 0 bridgehead atoms. The molecule has 2 N–H and O–H groups in total. The standard InChI is InChI=1S/C15H28N2O2/c1-18-14-15(11-19-14)9-13(16)7-8-17(15)10-12-5-3-2-4-6-12/h12-14H,2-11,16H2,1H3. The van der Waals surface area contributed by atoms with Crippen molar-refractivity contribution in [1.29, 1.82) is 0 Å². The Bertz CT molecular complexity index is 305. The van der Waals surface area contributed by atoms with Crippen LogP contribution >= 0.6 is 0 Å². The van der Waals surface area contributed by atoms with Crippen LogP contribution in [0.25, 0.3) is 0 Å². The summed E-state index contributed by atoms with van der Waals surface area (Å²) in [6.07, 6.45) is 9.13. The first-order valence-corrected chi connectivity index (χ1v) is 7.89. The molecule has 0 aromatic heterocycles. The van der Waals surface area contributed by atoms with Gasteiger partial charge in [0.15, 0.2) is 6.29 Å². The molecule has 3 rings (SSSR count). The highest BCUT2D eigenvalue weighted by Gasteiger charge is 2.55. The average molecular weight is 268 g/mol. The van der Waals surface area contributed by atoms with E-state index in [2.05, 4.69) is 4.90 Å². The summed E-state index contributed by atoms with van der Waals surface area (Å²) in [4.78, 5) is 2.64. The van der Waals surface area contributed by atoms with Crippen LogP contribution in [0.1, 0.15) is 44.9 Å². The van der Waals surface area contributed by atoms with Crippen LogP contribution in [0.15, 0.2) is 0 Å². The minimum absolute atomic E-state index is 0.0672. The first-order chi connectivity index (χ1) is 9.24. The molecule has 3 fully saturated rings. The van der Waals surface area contributed by atoms with E-state index < -0.39 is 0 Å². The zero-order valence-electron chi connectivity index (χ0n) is 12.1. The Labute approximate surface area is 116 Å². The van der Waals surface area contributed by atoms with Crippen LogP contribution in [0.2, 0.25) is 0 Å². The van der Waals surface area contributed by atoms with Gasteiger partial charge in [-0.15, -0.1) is 0 Å². The van der Waals surface area contributed by atoms with Crippen LogP contribution in [0, 0.1) is 5.92 Å². The summed E-state index contributed by atoms with van der Waals surface area (Å²) in [7, 11) is 1.75. The quantitative estimate of drug-likeness (QED) is 0.847. The normalized spacial score (nSPS) is 41.4. The van der Waals surface area contributed by atoms with Crippen molar-refractivity contribution in [2.45, 2.75) is 62.8 Å². The molecule has 0 amide bonds. The molecule has 0 aromatic carbocycles. The van der Waals surface area contributed by atoms with Crippen LogP contribution in [-0.2, 0) is 9.47 Å². The molecule has 1 aliphatic carbocycles. The lowest BCUT2D eigenvalue weighted by molar-refractivity contribution is -0.313. The molecule has 1 spiro atoms. The molecule has 3 atom stereocenters. The summed E-state index contributed by atoms with van der Waals surface area (Å²) in [6, 6.07) is 0.309. The number of hydrogen-bond acceptors (Lipinski definition) is 4. The highest BCUT2D eigenvalue weighted by molar-refractivity contribution is 5.05. The Morgan fingerprint density at radius 2 is 2.05 bits per heavy atom. The highest BCUT2D eigenvalue weighted by atomic mass is 16.7. The van der Waals surface area contributed by atoms with Crippen molar-refractivity contribution >= 4 is 0 Å². The Balaban J connectivity index is 1.67. The van der Waals surface area contributed by atoms with E-state index in [-0.39, 0.29) is 11.8 Å². The Hall–Kier alpha value is -0.160. The monoisotopic (exact) mass is 268 g/mol. The van der Waals surface area contributed by atoms with Crippen LogP contribution in [-0.4, -0.2) is 49.6 Å². The SMILES string of the molecule is COC1OCC12CC(N)CCN2CC1CCCCC1. The number of likely N-dealkylation sites (tertiary alicyclic amines) is 1. The largest absolute Gasteiger partial charge is 0.354 e. The lowest BCUT2D eigenvalue weighted by atomic mass is 9.79. The smallest absolute Gasteiger partial charge is 0.177 e. The first-order valence-electron chi connectivity index (χ1n) is 7.89. The minimum atomic E-state index is -0.0672. The van der Waals surface area contributed by atoms with Crippen LogP contribution < -0.4 is 5.73 Å². The zero-order chi connectivity index (χ0) is 13.3. The van der Waals surface area contributed by atoms with E-state index >= 15 is 0 Å². The molecule has 1 saturated carbocycles. The van der Waals surface area contributed by atoms with Gasteiger partial charge in [-0.1, -0.05) is 19.3 Å². The number of rotatable bonds is 3. The maximum Gasteiger partial charge on any atom is 0.177 e. The third kappa shape index (κ3) is 2.56. The summed E-state index contributed by atoms with van der Waals surface area (Å²) >= 11 is 0. The molecule has 3 aliphatic rings. The van der Waals surface area contributed by atoms with Crippen molar-refractivity contribution < 1.29 is 9.47 Å². The number of ether oxygens (including phenoxy) is 2. The summed E-state index contributed by atoms with van der Waals surface area (Å²) in [5, 5.41) is 0. The van der Waals surface area contributed by atoms with Crippen LogP contribution in [0.4, 0.5) is 0 Å². The average Bonchev–Trinajstić information content (AvgIpc) is 2.41. The van der Waals surface area contributed by atoms with Crippen molar-refractivity contribution in [2.24, 2.45) is 11.7 Å². The molecule has 0 radical (unpaired) electrons. The number of hydrogen-bond donors (Lipinski definition) is 1. The highest BCUT2D eigenvalue weighted by Crippen LogP contribution is 2.41. The van der Waals surface area contributed by atoms with Gasteiger partial charge in [0.05, 0.1) is 12.1 Å². The molecule has 4 heteroatoms. The first kappa shape index (κ1) is 13.8. The van der Waals surface area contributed by atoms with E-state index in [1.165, 1.54) is 38.6 Å². The van der Waals surface area contributed by atoms with E-state index in [4.69, 9.17) is 15.2 Å². The third-order valence-electron chi connectivity index (χ3n) is 5.36. The fourth-order valence-corrected chi connectivity index (χ4v) is 4.21. The Morgan fingerprint density at radius 1 is 1.26 bits per heavy atom. The Kier molecular flexibility index (Phi) is 4.13. The van der Waals surface area contributed by atoms with E-state index in [0.29, 0.717) is 6.04 Å². The zero-order valence-corrected chi connectivity index (χ0v) is 12.1. The molecule has 110 valence electrons. The van der Waals surface area contributed by atoms with Gasteiger partial charge in [0.1, 0.15) is 0 Å². The second-order valence-electron chi connectivity index (χ2n) is 6.69. The topological polar surface area (TPSA) is 47.7 Å². The van der Waals surface area contributed by atoms with Gasteiger partial charge in [-0.3, -0.25) is 4.90 Å². The summed E-state index contributed by atoms with van der Waals surface area (Å²) in [5.41, 5.74) is 6.27. The molecular formula is C15H28N2O2. The van der Waals surface area contributed by atoms with Gasteiger partial charge in [-0.25, -0.2) is 0 Å². The van der Waals surface area contributed by atoms with Crippen molar-refractivity contribution in [3.8, 4) is 0 Å². The summed E-state index contributed by atoms with van der Waals surface area (Å²) < 4.78 is 11.1. The Morgan fingerprint density at radius 3 is 2.68 bits per heavy atom. The molecule has 4 nitrogen and oxygen atoms in total. The van der Waals surface area contributed by atoms with E-state index in [1.807, 2.05) is 0 Å². The number of methoxy groups -OCH3 is 1. The van der Waals surface area contributed by atoms with Crippen molar-refractivity contribution in [3.63, 3.8) is 0 Å². The molecule has 2 saturated heterocycles. The fourth-order valence-electron chi connectivity index (χ4n) is 4.21. The van der Waals surface area contributed by atoms with Crippen molar-refractivity contribution in [1.82, 2.24) is 4.90 Å². The number of nitrogens with two attached hydrogens (primary N) is 1. The van der Waals surface area contributed by atoms with Gasteiger partial charge in [0.25, 0.3) is 0 Å². The van der Waals surface area contributed by atoms with Gasteiger partial charge in [-0.05, 0) is 31.6 Å². The second kappa shape index (κ2) is 5.68. The molecule has 0 aromatic rings. The molecular weight excluding hydrogens is 240 g/mol. The lowest BCUT2D eigenvalue weighted by Crippen LogP contribution is -2.73. The van der Waals surface area contributed by atoms with Gasteiger partial charge in [0, 0.05) is 26.2 Å². The van der Waals surface area contributed by atoms with Crippen molar-refractivity contribution in [2.75, 3.05) is 26.8 Å². The maximum atomic E-state index is 6.19. The van der Waals surface area contributed by atoms with Crippen LogP contribution in [0.3, 0.4) is 0 Å². The van der Waals surface area contributed by atoms with E-state index in [9.17, 15) is 0 Å². The molecule has 2 heterocycles. The number of piperidine rings is 1. The predicted octanol–water partition coefficient (Wildman–Crippen LogP) is 1.73. The summed E-state index contributed by atoms with van der Waals surface area (Å²) in [5.74, 6) is 0.873. The van der Waals surface area contributed by atoms with Gasteiger partial charge < -0.3 is 15.2 Å². The predicted molar refractivity (Wildman–Crippen MR) is 74.8 cm³/mol. The van der Waals surface area contributed by atoms with E-state index in [0.717, 1.165) is 31.9 Å². The molecule has 2 aliphatic heterocycles. The molecule has 3 unspecified atom stereocenters. The lowest BCUT2D eigenvalue weighted by Gasteiger charge is -2.58. The fraction of sp³-hybridized carbons (Fsp3) is 1.00. The summed E-state index contributed by atoms with van der Waals surface area (Å²) in [6.45, 7) is 3.13. The number of nitrogens with zero attached hydrogens (tertiary/aromatic N) is 1. The third-order valence-corrected chi connectivity index (χ3v) is 5.36. The van der Waals surface area contributed by atoms with Gasteiger partial charge >= 0.3 is 0 Å². The van der Waals surface area contributed by atoms with E-state index in [1.54, 1.807) is 7.11 Å². The minimum Gasteiger partial charge on any atom is -0.354 e. The second-order valence-corrected chi connectivity index (χ2v) is 6.69. The van der Waals surface area contributed by atoms with Crippen molar-refractivity contribution in [3.05, 3.63) is 0 Å². The van der Waals surface area contributed by atoms with Gasteiger partial charge in [0.2, 0.25) is 0 Å². The van der Waals surface area contributed by atoms with Gasteiger partial charge in [-0.2, -0.15) is 0 Å². The van der Waals surface area contributed by atoms with Crippen LogP contribution in [0.5, 0.6) is 0 Å².